The smallest absolute Gasteiger partial charge is 0.122 e. The fourth-order valence-corrected chi connectivity index (χ4v) is 2.81. The summed E-state index contributed by atoms with van der Waals surface area (Å²) in [6.07, 6.45) is 0.199. The van der Waals surface area contributed by atoms with Crippen LogP contribution < -0.4 is 9.64 Å². The van der Waals surface area contributed by atoms with Gasteiger partial charge in [0.2, 0.25) is 0 Å². The number of ether oxygens (including phenoxy) is 1. The molecule has 130 valence electrons. The fourth-order valence-electron chi connectivity index (χ4n) is 2.81. The summed E-state index contributed by atoms with van der Waals surface area (Å²) in [6, 6.07) is 16.2. The lowest BCUT2D eigenvalue weighted by Crippen LogP contribution is -2.20. The van der Waals surface area contributed by atoms with Crippen LogP contribution in [-0.4, -0.2) is 25.8 Å². The van der Waals surface area contributed by atoms with E-state index in [0.29, 0.717) is 6.42 Å². The van der Waals surface area contributed by atoms with E-state index in [9.17, 15) is 5.11 Å². The zero-order valence-electron chi connectivity index (χ0n) is 15.4. The number of hydrogen-bond acceptors (Lipinski definition) is 3. The second-order valence-corrected chi connectivity index (χ2v) is 7.27. The molecule has 1 atom stereocenters. The molecule has 0 spiro atoms. The van der Waals surface area contributed by atoms with Gasteiger partial charge in [-0.1, -0.05) is 45.0 Å². The minimum absolute atomic E-state index is 0.0259. The molecule has 3 heteroatoms. The molecule has 1 unspecified atom stereocenters. The van der Waals surface area contributed by atoms with Crippen LogP contribution in [0.15, 0.2) is 48.5 Å². The van der Waals surface area contributed by atoms with Crippen molar-refractivity contribution >= 4 is 5.69 Å². The Morgan fingerprint density at radius 2 is 1.75 bits per heavy atom. The number of rotatable bonds is 6. The molecule has 0 amide bonds. The summed E-state index contributed by atoms with van der Waals surface area (Å²) in [7, 11) is 3.74. The Labute approximate surface area is 145 Å². The van der Waals surface area contributed by atoms with Gasteiger partial charge >= 0.3 is 0 Å². The monoisotopic (exact) mass is 327 g/mol. The van der Waals surface area contributed by atoms with Crippen molar-refractivity contribution in [1.82, 2.24) is 0 Å². The van der Waals surface area contributed by atoms with Crippen LogP contribution in [0.4, 0.5) is 5.69 Å². The zero-order chi connectivity index (χ0) is 17.7. The first-order valence-electron chi connectivity index (χ1n) is 8.45. The number of hydrogen-bond donors (Lipinski definition) is 1. The lowest BCUT2D eigenvalue weighted by Gasteiger charge is -2.25. The van der Waals surface area contributed by atoms with E-state index in [4.69, 9.17) is 4.74 Å². The van der Waals surface area contributed by atoms with E-state index < -0.39 is 6.10 Å². The fraction of sp³-hybridized carbons (Fsp3) is 0.429. The first kappa shape index (κ1) is 18.3. The summed E-state index contributed by atoms with van der Waals surface area (Å²) in [6.45, 7) is 7.26. The van der Waals surface area contributed by atoms with Crippen LogP contribution in [-0.2, 0) is 5.41 Å². The summed E-state index contributed by atoms with van der Waals surface area (Å²) in [5, 5.41) is 10.6. The Morgan fingerprint density at radius 3 is 2.33 bits per heavy atom. The third kappa shape index (κ3) is 4.51. The molecule has 0 aliphatic carbocycles. The van der Waals surface area contributed by atoms with Crippen molar-refractivity contribution < 1.29 is 9.84 Å². The third-order valence-electron chi connectivity index (χ3n) is 4.35. The van der Waals surface area contributed by atoms with Gasteiger partial charge in [-0.15, -0.1) is 0 Å². The van der Waals surface area contributed by atoms with E-state index in [2.05, 4.69) is 50.9 Å². The molecule has 2 aromatic rings. The first-order valence-corrected chi connectivity index (χ1v) is 8.45. The van der Waals surface area contributed by atoms with Crippen molar-refractivity contribution in [3.8, 4) is 5.75 Å². The minimum atomic E-state index is -0.483. The van der Waals surface area contributed by atoms with Crippen molar-refractivity contribution in [3.63, 3.8) is 0 Å². The van der Waals surface area contributed by atoms with Gasteiger partial charge in [0, 0.05) is 19.3 Å². The summed E-state index contributed by atoms with van der Waals surface area (Å²) >= 11 is 0. The molecule has 1 N–H and O–H groups in total. The van der Waals surface area contributed by atoms with E-state index in [0.717, 1.165) is 29.1 Å². The molecule has 0 radical (unpaired) electrons. The van der Waals surface area contributed by atoms with Crippen LogP contribution in [0.5, 0.6) is 5.75 Å². The molecule has 2 rings (SSSR count). The van der Waals surface area contributed by atoms with Crippen LogP contribution in [0.2, 0.25) is 0 Å². The highest BCUT2D eigenvalue weighted by molar-refractivity contribution is 5.45. The van der Waals surface area contributed by atoms with Gasteiger partial charge in [0.15, 0.2) is 0 Å². The number of benzene rings is 2. The van der Waals surface area contributed by atoms with Gasteiger partial charge < -0.3 is 14.7 Å². The SMILES string of the molecule is COc1ccc(C(O)CCN(C)c2ccccc2)cc1C(C)(C)C. The molecule has 0 aliphatic rings. The van der Waals surface area contributed by atoms with Gasteiger partial charge in [-0.25, -0.2) is 0 Å². The molecule has 3 nitrogen and oxygen atoms in total. The molecule has 0 saturated carbocycles. The van der Waals surface area contributed by atoms with Gasteiger partial charge in [-0.3, -0.25) is 0 Å². The number of anilines is 1. The first-order chi connectivity index (χ1) is 11.3. The van der Waals surface area contributed by atoms with Gasteiger partial charge in [0.05, 0.1) is 13.2 Å². The quantitative estimate of drug-likeness (QED) is 0.844. The van der Waals surface area contributed by atoms with E-state index in [-0.39, 0.29) is 5.41 Å². The Hall–Kier alpha value is -2.00. The summed E-state index contributed by atoms with van der Waals surface area (Å²) < 4.78 is 5.47. The molecule has 0 aromatic heterocycles. The number of aliphatic hydroxyl groups excluding tert-OH is 1. The Morgan fingerprint density at radius 1 is 1.08 bits per heavy atom. The topological polar surface area (TPSA) is 32.7 Å². The second-order valence-electron chi connectivity index (χ2n) is 7.27. The lowest BCUT2D eigenvalue weighted by atomic mass is 9.84. The largest absolute Gasteiger partial charge is 0.496 e. The van der Waals surface area contributed by atoms with Crippen LogP contribution in [0.3, 0.4) is 0 Å². The number of aliphatic hydroxyl groups is 1. The number of methoxy groups -OCH3 is 1. The highest BCUT2D eigenvalue weighted by Gasteiger charge is 2.21. The maximum atomic E-state index is 10.6. The molecule has 0 aliphatic heterocycles. The maximum absolute atomic E-state index is 10.6. The van der Waals surface area contributed by atoms with Crippen molar-refractivity contribution in [2.75, 3.05) is 25.6 Å². The Balaban J connectivity index is 2.08. The highest BCUT2D eigenvalue weighted by atomic mass is 16.5. The average Bonchev–Trinajstić information content (AvgIpc) is 2.58. The van der Waals surface area contributed by atoms with Crippen molar-refractivity contribution in [2.45, 2.75) is 38.7 Å². The standard InChI is InChI=1S/C21H29NO2/c1-21(2,3)18-15-16(11-12-20(18)24-5)19(23)13-14-22(4)17-9-7-6-8-10-17/h6-12,15,19,23H,13-14H2,1-5H3. The van der Waals surface area contributed by atoms with Crippen LogP contribution in [0.25, 0.3) is 0 Å². The molecule has 0 saturated heterocycles. The molecule has 0 fully saturated rings. The molecule has 0 bridgehead atoms. The average molecular weight is 327 g/mol. The van der Waals surface area contributed by atoms with Gasteiger partial charge in [-0.05, 0) is 47.2 Å². The van der Waals surface area contributed by atoms with E-state index in [1.807, 2.05) is 30.3 Å². The normalized spacial score (nSPS) is 12.8. The molecule has 2 aromatic carbocycles. The second kappa shape index (κ2) is 7.71. The maximum Gasteiger partial charge on any atom is 0.122 e. The predicted molar refractivity (Wildman–Crippen MR) is 101 cm³/mol. The van der Waals surface area contributed by atoms with Crippen molar-refractivity contribution in [2.24, 2.45) is 0 Å². The summed E-state index contributed by atoms with van der Waals surface area (Å²) in [4.78, 5) is 2.16. The minimum Gasteiger partial charge on any atom is -0.496 e. The molecular weight excluding hydrogens is 298 g/mol. The number of nitrogens with zero attached hydrogens (tertiary/aromatic N) is 1. The Bertz CT molecular complexity index is 647. The van der Waals surface area contributed by atoms with Gasteiger partial charge in [-0.2, -0.15) is 0 Å². The molecule has 24 heavy (non-hydrogen) atoms. The van der Waals surface area contributed by atoms with Crippen LogP contribution in [0.1, 0.15) is 44.4 Å². The molecule has 0 heterocycles. The van der Waals surface area contributed by atoms with Gasteiger partial charge in [0.25, 0.3) is 0 Å². The summed E-state index contributed by atoms with van der Waals surface area (Å²) in [5.74, 6) is 0.875. The highest BCUT2D eigenvalue weighted by Crippen LogP contribution is 2.34. The van der Waals surface area contributed by atoms with Crippen molar-refractivity contribution in [1.29, 1.82) is 0 Å². The van der Waals surface area contributed by atoms with Crippen LogP contribution in [0, 0.1) is 0 Å². The zero-order valence-corrected chi connectivity index (χ0v) is 15.4. The summed E-state index contributed by atoms with van der Waals surface area (Å²) in [5.41, 5.74) is 3.21. The van der Waals surface area contributed by atoms with E-state index in [1.165, 1.54) is 0 Å². The molecular formula is C21H29NO2. The third-order valence-corrected chi connectivity index (χ3v) is 4.35. The van der Waals surface area contributed by atoms with Gasteiger partial charge in [0.1, 0.15) is 5.75 Å². The van der Waals surface area contributed by atoms with E-state index in [1.54, 1.807) is 7.11 Å². The predicted octanol–water partition coefficient (Wildman–Crippen LogP) is 4.55. The lowest BCUT2D eigenvalue weighted by molar-refractivity contribution is 0.169. The Kier molecular flexibility index (Phi) is 5.89. The van der Waals surface area contributed by atoms with Crippen LogP contribution >= 0.6 is 0 Å². The van der Waals surface area contributed by atoms with E-state index >= 15 is 0 Å². The number of para-hydroxylation sites is 1. The van der Waals surface area contributed by atoms with Crippen molar-refractivity contribution in [3.05, 3.63) is 59.7 Å².